The fraction of sp³-hybridized carbons (Fsp3) is 1.00. The van der Waals surface area contributed by atoms with Gasteiger partial charge in [-0.2, -0.15) is 0 Å². The van der Waals surface area contributed by atoms with Crippen LogP contribution in [0.3, 0.4) is 0 Å². The molecule has 2 aliphatic rings. The van der Waals surface area contributed by atoms with E-state index in [1.807, 2.05) is 0 Å². The molecule has 0 aromatic rings. The molecule has 1 heterocycles. The van der Waals surface area contributed by atoms with Crippen LogP contribution in [0.4, 0.5) is 0 Å². The molecule has 1 unspecified atom stereocenters. The molecule has 0 radical (unpaired) electrons. The number of piperidine rings is 1. The molecular weight excluding hydrogens is 212 g/mol. The van der Waals surface area contributed by atoms with Gasteiger partial charge >= 0.3 is 0 Å². The number of sulfonamides is 1. The Morgan fingerprint density at radius 1 is 1.33 bits per heavy atom. The van der Waals surface area contributed by atoms with Gasteiger partial charge in [-0.3, -0.25) is 0 Å². The zero-order chi connectivity index (χ0) is 10.9. The zero-order valence-electron chi connectivity index (χ0n) is 9.28. The summed E-state index contributed by atoms with van der Waals surface area (Å²) in [4.78, 5) is 0. The molecule has 1 saturated carbocycles. The van der Waals surface area contributed by atoms with Crippen LogP contribution in [-0.4, -0.2) is 44.7 Å². The normalized spacial score (nSPS) is 28.3. The molecule has 2 fully saturated rings. The number of nitrogens with zero attached hydrogens (tertiary/aromatic N) is 1. The molecule has 2 rings (SSSR count). The highest BCUT2D eigenvalue weighted by atomic mass is 32.2. The van der Waals surface area contributed by atoms with E-state index in [1.165, 1.54) is 0 Å². The van der Waals surface area contributed by atoms with Crippen LogP contribution in [0, 0.1) is 5.92 Å². The quantitative estimate of drug-likeness (QED) is 0.764. The van der Waals surface area contributed by atoms with Crippen LogP contribution in [0.5, 0.6) is 0 Å². The second-order valence-corrected chi connectivity index (χ2v) is 6.81. The summed E-state index contributed by atoms with van der Waals surface area (Å²) in [6, 6.07) is 0.298. The monoisotopic (exact) mass is 232 g/mol. The summed E-state index contributed by atoms with van der Waals surface area (Å²) < 4.78 is 25.5. The van der Waals surface area contributed by atoms with Gasteiger partial charge in [-0.25, -0.2) is 12.7 Å². The molecule has 4 nitrogen and oxygen atoms in total. The summed E-state index contributed by atoms with van der Waals surface area (Å²) in [7, 11) is -1.28. The standard InChI is InChI=1S/C10H20N2O2S/c1-12(10-4-5-10)15(13,14)8-9-3-2-6-11-7-9/h9-11H,2-8H2,1H3. The molecule has 88 valence electrons. The summed E-state index contributed by atoms with van der Waals surface area (Å²) in [5, 5.41) is 3.26. The van der Waals surface area contributed by atoms with E-state index in [0.717, 1.165) is 38.8 Å². The first-order chi connectivity index (χ1) is 7.09. The van der Waals surface area contributed by atoms with Gasteiger partial charge in [-0.05, 0) is 44.7 Å². The largest absolute Gasteiger partial charge is 0.316 e. The Hall–Kier alpha value is -0.130. The Labute approximate surface area is 92.1 Å². The molecule has 0 aromatic heterocycles. The number of rotatable bonds is 4. The molecular formula is C10H20N2O2S. The highest BCUT2D eigenvalue weighted by Gasteiger charge is 2.35. The van der Waals surface area contributed by atoms with Gasteiger partial charge in [-0.15, -0.1) is 0 Å². The molecule has 0 bridgehead atoms. The lowest BCUT2D eigenvalue weighted by molar-refractivity contribution is 0.390. The molecule has 0 spiro atoms. The van der Waals surface area contributed by atoms with Gasteiger partial charge in [0.2, 0.25) is 10.0 Å². The van der Waals surface area contributed by atoms with Crippen LogP contribution in [-0.2, 0) is 10.0 Å². The van der Waals surface area contributed by atoms with Gasteiger partial charge in [0.25, 0.3) is 0 Å². The minimum absolute atomic E-state index is 0.298. The van der Waals surface area contributed by atoms with Crippen LogP contribution < -0.4 is 5.32 Å². The van der Waals surface area contributed by atoms with E-state index in [-0.39, 0.29) is 0 Å². The first-order valence-corrected chi connectivity index (χ1v) is 7.37. The molecule has 1 N–H and O–H groups in total. The van der Waals surface area contributed by atoms with Crippen molar-refractivity contribution < 1.29 is 8.42 Å². The third kappa shape index (κ3) is 2.92. The Bertz CT molecular complexity index is 305. The molecule has 1 aliphatic carbocycles. The summed E-state index contributed by atoms with van der Waals surface area (Å²) in [6.07, 6.45) is 4.23. The van der Waals surface area contributed by atoms with Gasteiger partial charge in [-0.1, -0.05) is 0 Å². The summed E-state index contributed by atoms with van der Waals surface area (Å²) in [5.74, 6) is 0.637. The lowest BCUT2D eigenvalue weighted by Crippen LogP contribution is -2.39. The number of hydrogen-bond acceptors (Lipinski definition) is 3. The Morgan fingerprint density at radius 2 is 2.07 bits per heavy atom. The van der Waals surface area contributed by atoms with Gasteiger partial charge in [0.05, 0.1) is 5.75 Å². The van der Waals surface area contributed by atoms with Crippen LogP contribution in [0.2, 0.25) is 0 Å². The van der Waals surface area contributed by atoms with Crippen molar-refractivity contribution in [2.24, 2.45) is 5.92 Å². The number of nitrogens with one attached hydrogen (secondary N) is 1. The molecule has 15 heavy (non-hydrogen) atoms. The maximum absolute atomic E-state index is 12.0. The average molecular weight is 232 g/mol. The average Bonchev–Trinajstić information content (AvgIpc) is 3.00. The Kier molecular flexibility index (Phi) is 3.33. The second-order valence-electron chi connectivity index (χ2n) is 4.74. The van der Waals surface area contributed by atoms with Gasteiger partial charge in [0, 0.05) is 13.1 Å². The van der Waals surface area contributed by atoms with Crippen LogP contribution in [0.25, 0.3) is 0 Å². The first-order valence-electron chi connectivity index (χ1n) is 5.76. The summed E-state index contributed by atoms with van der Waals surface area (Å²) in [6.45, 7) is 1.90. The molecule has 5 heteroatoms. The van der Waals surface area contributed by atoms with Crippen molar-refractivity contribution in [3.05, 3.63) is 0 Å². The van der Waals surface area contributed by atoms with Crippen molar-refractivity contribution in [3.63, 3.8) is 0 Å². The molecule has 0 aromatic carbocycles. The van der Waals surface area contributed by atoms with Crippen molar-refractivity contribution in [1.29, 1.82) is 0 Å². The Morgan fingerprint density at radius 3 is 2.60 bits per heavy atom. The molecule has 1 atom stereocenters. The minimum atomic E-state index is -3.00. The lowest BCUT2D eigenvalue weighted by Gasteiger charge is -2.25. The van der Waals surface area contributed by atoms with E-state index in [2.05, 4.69) is 5.32 Å². The first kappa shape index (κ1) is 11.4. The zero-order valence-corrected chi connectivity index (χ0v) is 10.1. The topological polar surface area (TPSA) is 49.4 Å². The smallest absolute Gasteiger partial charge is 0.214 e. The van der Waals surface area contributed by atoms with E-state index in [1.54, 1.807) is 11.4 Å². The highest BCUT2D eigenvalue weighted by molar-refractivity contribution is 7.89. The second kappa shape index (κ2) is 4.39. The van der Waals surface area contributed by atoms with E-state index >= 15 is 0 Å². The molecule has 1 saturated heterocycles. The van der Waals surface area contributed by atoms with Crippen molar-refractivity contribution in [3.8, 4) is 0 Å². The van der Waals surface area contributed by atoms with Crippen LogP contribution in [0.15, 0.2) is 0 Å². The maximum atomic E-state index is 12.0. The Balaban J connectivity index is 1.90. The lowest BCUT2D eigenvalue weighted by atomic mass is 10.0. The van der Waals surface area contributed by atoms with Crippen molar-refractivity contribution in [2.45, 2.75) is 31.7 Å². The fourth-order valence-corrected chi connectivity index (χ4v) is 3.93. The summed E-state index contributed by atoms with van der Waals surface area (Å²) >= 11 is 0. The van der Waals surface area contributed by atoms with Crippen LogP contribution >= 0.6 is 0 Å². The molecule has 0 amide bonds. The third-order valence-electron chi connectivity index (χ3n) is 3.35. The number of hydrogen-bond donors (Lipinski definition) is 1. The summed E-state index contributed by atoms with van der Waals surface area (Å²) in [5.41, 5.74) is 0. The SMILES string of the molecule is CN(C1CC1)S(=O)(=O)CC1CCCNC1. The predicted octanol–water partition coefficient (Wildman–Crippen LogP) is 0.410. The third-order valence-corrected chi connectivity index (χ3v) is 5.41. The van der Waals surface area contributed by atoms with Crippen molar-refractivity contribution in [2.75, 3.05) is 25.9 Å². The fourth-order valence-electron chi connectivity index (χ4n) is 2.15. The van der Waals surface area contributed by atoms with Crippen LogP contribution in [0.1, 0.15) is 25.7 Å². The van der Waals surface area contributed by atoms with Gasteiger partial charge in [0.1, 0.15) is 0 Å². The van der Waals surface area contributed by atoms with E-state index in [0.29, 0.717) is 17.7 Å². The van der Waals surface area contributed by atoms with E-state index in [9.17, 15) is 8.42 Å². The maximum Gasteiger partial charge on any atom is 0.214 e. The van der Waals surface area contributed by atoms with Crippen molar-refractivity contribution >= 4 is 10.0 Å². The predicted molar refractivity (Wildman–Crippen MR) is 60.2 cm³/mol. The highest BCUT2D eigenvalue weighted by Crippen LogP contribution is 2.28. The van der Waals surface area contributed by atoms with E-state index < -0.39 is 10.0 Å². The van der Waals surface area contributed by atoms with Gasteiger partial charge < -0.3 is 5.32 Å². The van der Waals surface area contributed by atoms with Crippen molar-refractivity contribution in [1.82, 2.24) is 9.62 Å². The molecule has 1 aliphatic heterocycles. The van der Waals surface area contributed by atoms with Gasteiger partial charge in [0.15, 0.2) is 0 Å². The minimum Gasteiger partial charge on any atom is -0.316 e. The van der Waals surface area contributed by atoms with E-state index in [4.69, 9.17) is 0 Å².